The molecule has 0 radical (unpaired) electrons. The lowest BCUT2D eigenvalue weighted by Gasteiger charge is -2.11. The van der Waals surface area contributed by atoms with Crippen molar-refractivity contribution >= 4 is 40.0 Å². The molecule has 5 heteroatoms. The third-order valence-electron chi connectivity index (χ3n) is 3.51. The minimum atomic E-state index is 0.594. The lowest BCUT2D eigenvalue weighted by molar-refractivity contribution is 0.979. The van der Waals surface area contributed by atoms with Gasteiger partial charge in [0.15, 0.2) is 5.82 Å². The van der Waals surface area contributed by atoms with E-state index in [1.54, 1.807) is 0 Å². The number of halogens is 2. The zero-order valence-electron chi connectivity index (χ0n) is 11.4. The lowest BCUT2D eigenvalue weighted by atomic mass is 10.1. The zero-order valence-corrected chi connectivity index (χ0v) is 14.3. The number of aromatic nitrogens is 2. The van der Waals surface area contributed by atoms with Gasteiger partial charge in [0, 0.05) is 23.6 Å². The summed E-state index contributed by atoms with van der Waals surface area (Å²) < 4.78 is 1.13. The van der Waals surface area contributed by atoms with Gasteiger partial charge in [-0.3, -0.25) is 0 Å². The second-order valence-corrected chi connectivity index (χ2v) is 6.57. The number of rotatable bonds is 3. The first-order chi connectivity index (χ1) is 9.60. The summed E-state index contributed by atoms with van der Waals surface area (Å²) in [5, 5.41) is 3.92. The highest BCUT2D eigenvalue weighted by Gasteiger charge is 2.29. The van der Waals surface area contributed by atoms with E-state index in [1.165, 1.54) is 12.8 Å². The second-order valence-electron chi connectivity index (χ2n) is 5.08. The van der Waals surface area contributed by atoms with Crippen LogP contribution in [-0.2, 0) is 0 Å². The van der Waals surface area contributed by atoms with Crippen molar-refractivity contribution in [1.29, 1.82) is 0 Å². The van der Waals surface area contributed by atoms with Crippen LogP contribution < -0.4 is 5.32 Å². The fraction of sp³-hybridized carbons (Fsp3) is 0.333. The van der Waals surface area contributed by atoms with Crippen molar-refractivity contribution in [2.75, 3.05) is 12.4 Å². The predicted molar refractivity (Wildman–Crippen MR) is 91.5 cm³/mol. The molecule has 20 heavy (non-hydrogen) atoms. The van der Waals surface area contributed by atoms with Gasteiger partial charge in [0.05, 0.1) is 9.26 Å². The monoisotopic (exact) mass is 399 g/mol. The Labute approximate surface area is 137 Å². The van der Waals surface area contributed by atoms with E-state index >= 15 is 0 Å². The van der Waals surface area contributed by atoms with Gasteiger partial charge in [0.25, 0.3) is 0 Å². The molecule has 104 valence electrons. The summed E-state index contributed by atoms with van der Waals surface area (Å²) >= 11 is 8.54. The van der Waals surface area contributed by atoms with E-state index in [2.05, 4.69) is 32.9 Å². The number of hydrogen-bond donors (Lipinski definition) is 1. The van der Waals surface area contributed by atoms with E-state index < -0.39 is 0 Å². The van der Waals surface area contributed by atoms with Gasteiger partial charge < -0.3 is 5.32 Å². The highest BCUT2D eigenvalue weighted by atomic mass is 127. The third kappa shape index (κ3) is 2.63. The van der Waals surface area contributed by atoms with Crippen molar-refractivity contribution in [3.05, 3.63) is 38.0 Å². The Morgan fingerprint density at radius 1 is 1.30 bits per heavy atom. The van der Waals surface area contributed by atoms with E-state index in [0.29, 0.717) is 5.92 Å². The maximum absolute atomic E-state index is 6.21. The van der Waals surface area contributed by atoms with Crippen LogP contribution in [0.25, 0.3) is 11.4 Å². The normalized spacial score (nSPS) is 14.4. The molecule has 0 amide bonds. The fourth-order valence-electron chi connectivity index (χ4n) is 2.12. The van der Waals surface area contributed by atoms with Gasteiger partial charge in [-0.15, -0.1) is 0 Å². The molecule has 2 aromatic rings. The molecule has 1 aromatic carbocycles. The van der Waals surface area contributed by atoms with E-state index in [9.17, 15) is 0 Å². The molecular formula is C15H15ClIN3. The molecular weight excluding hydrogens is 385 g/mol. The smallest absolute Gasteiger partial charge is 0.161 e. The van der Waals surface area contributed by atoms with Crippen molar-refractivity contribution in [2.24, 2.45) is 0 Å². The Morgan fingerprint density at radius 2 is 2.05 bits per heavy atom. The van der Waals surface area contributed by atoms with Crippen LogP contribution >= 0.6 is 34.2 Å². The van der Waals surface area contributed by atoms with Crippen LogP contribution in [0.3, 0.4) is 0 Å². The van der Waals surface area contributed by atoms with Crippen LogP contribution in [0.15, 0.2) is 18.2 Å². The maximum Gasteiger partial charge on any atom is 0.161 e. The molecule has 1 aromatic heterocycles. The summed E-state index contributed by atoms with van der Waals surface area (Å²) in [4.78, 5) is 9.38. The largest absolute Gasteiger partial charge is 0.372 e. The minimum absolute atomic E-state index is 0.594. The standard InChI is InChI=1S/C15H15ClIN3/c1-8-3-4-10(7-11(8)16)14-19-13(9-5-6-9)12(17)15(18-2)20-14/h3-4,7,9H,5-6H2,1-2H3,(H,18,19,20). The van der Waals surface area contributed by atoms with Gasteiger partial charge in [0.1, 0.15) is 5.82 Å². The molecule has 0 bridgehead atoms. The zero-order chi connectivity index (χ0) is 14.3. The van der Waals surface area contributed by atoms with Crippen LogP contribution in [0, 0.1) is 10.5 Å². The Morgan fingerprint density at radius 3 is 2.65 bits per heavy atom. The van der Waals surface area contributed by atoms with Crippen molar-refractivity contribution in [1.82, 2.24) is 9.97 Å². The summed E-state index contributed by atoms with van der Waals surface area (Å²) in [7, 11) is 1.90. The predicted octanol–water partition coefficient (Wildman–Crippen LogP) is 4.63. The summed E-state index contributed by atoms with van der Waals surface area (Å²) in [6.45, 7) is 2.00. The van der Waals surface area contributed by atoms with Crippen LogP contribution in [0.2, 0.25) is 5.02 Å². The molecule has 1 saturated carbocycles. The van der Waals surface area contributed by atoms with Gasteiger partial charge in [-0.2, -0.15) is 0 Å². The van der Waals surface area contributed by atoms with Crippen LogP contribution in [0.1, 0.15) is 30.0 Å². The molecule has 0 atom stereocenters. The highest BCUT2D eigenvalue weighted by Crippen LogP contribution is 2.43. The average molecular weight is 400 g/mol. The molecule has 0 saturated heterocycles. The third-order valence-corrected chi connectivity index (χ3v) is 4.98. The number of anilines is 1. The molecule has 3 rings (SSSR count). The van der Waals surface area contributed by atoms with Gasteiger partial charge in [0.2, 0.25) is 0 Å². The highest BCUT2D eigenvalue weighted by molar-refractivity contribution is 14.1. The summed E-state index contributed by atoms with van der Waals surface area (Å²) in [5.41, 5.74) is 3.20. The number of hydrogen-bond acceptors (Lipinski definition) is 3. The fourth-order valence-corrected chi connectivity index (χ4v) is 3.25. The van der Waals surface area contributed by atoms with Crippen molar-refractivity contribution in [3.63, 3.8) is 0 Å². The van der Waals surface area contributed by atoms with E-state index in [0.717, 1.165) is 37.1 Å². The molecule has 1 N–H and O–H groups in total. The van der Waals surface area contributed by atoms with E-state index in [4.69, 9.17) is 16.6 Å². The molecule has 1 aliphatic rings. The van der Waals surface area contributed by atoms with Crippen LogP contribution in [0.4, 0.5) is 5.82 Å². The summed E-state index contributed by atoms with van der Waals surface area (Å²) in [6, 6.07) is 5.98. The summed E-state index contributed by atoms with van der Waals surface area (Å²) in [6.07, 6.45) is 2.45. The van der Waals surface area contributed by atoms with Gasteiger partial charge in [-0.25, -0.2) is 9.97 Å². The molecule has 0 aliphatic heterocycles. The SMILES string of the molecule is CNc1nc(-c2ccc(C)c(Cl)c2)nc(C2CC2)c1I. The van der Waals surface area contributed by atoms with Gasteiger partial charge >= 0.3 is 0 Å². The Bertz CT molecular complexity index is 668. The van der Waals surface area contributed by atoms with Crippen LogP contribution in [-0.4, -0.2) is 17.0 Å². The second kappa shape index (κ2) is 5.48. The molecule has 1 heterocycles. The van der Waals surface area contributed by atoms with Gasteiger partial charge in [-0.1, -0.05) is 23.7 Å². The molecule has 0 spiro atoms. The van der Waals surface area contributed by atoms with Crippen molar-refractivity contribution in [3.8, 4) is 11.4 Å². The van der Waals surface area contributed by atoms with Crippen molar-refractivity contribution < 1.29 is 0 Å². The summed E-state index contributed by atoms with van der Waals surface area (Å²) in [5.74, 6) is 2.24. The van der Waals surface area contributed by atoms with Crippen LogP contribution in [0.5, 0.6) is 0 Å². The topological polar surface area (TPSA) is 37.8 Å². The first kappa shape index (κ1) is 14.1. The number of nitrogens with one attached hydrogen (secondary N) is 1. The Balaban J connectivity index is 2.12. The maximum atomic E-state index is 6.21. The number of nitrogens with zero attached hydrogens (tertiary/aromatic N) is 2. The number of aryl methyl sites for hydroxylation is 1. The molecule has 0 unspecified atom stereocenters. The Kier molecular flexibility index (Phi) is 3.86. The van der Waals surface area contributed by atoms with E-state index in [-0.39, 0.29) is 0 Å². The van der Waals surface area contributed by atoms with E-state index in [1.807, 2.05) is 32.2 Å². The number of benzene rings is 1. The lowest BCUT2D eigenvalue weighted by Crippen LogP contribution is -2.04. The van der Waals surface area contributed by atoms with Crippen molar-refractivity contribution in [2.45, 2.75) is 25.7 Å². The molecule has 3 nitrogen and oxygen atoms in total. The molecule has 1 fully saturated rings. The molecule has 1 aliphatic carbocycles. The first-order valence-corrected chi connectivity index (χ1v) is 8.07. The average Bonchev–Trinajstić information content (AvgIpc) is 3.27. The first-order valence-electron chi connectivity index (χ1n) is 6.62. The van der Waals surface area contributed by atoms with Gasteiger partial charge in [-0.05, 0) is 54.0 Å². The Hall–Kier alpha value is -0.880. The minimum Gasteiger partial charge on any atom is -0.372 e. The quantitative estimate of drug-likeness (QED) is 0.765.